The maximum Gasteiger partial charge on any atom is 0.186 e. The molecule has 0 unspecified atom stereocenters. The van der Waals surface area contributed by atoms with Gasteiger partial charge in [0, 0.05) is 48.7 Å². The number of ketones is 1. The van der Waals surface area contributed by atoms with Crippen LogP contribution in [0.1, 0.15) is 27.4 Å². The van der Waals surface area contributed by atoms with Crippen LogP contribution >= 0.6 is 0 Å². The van der Waals surface area contributed by atoms with Crippen LogP contribution in [0.3, 0.4) is 0 Å². The molecule has 0 aromatic carbocycles. The van der Waals surface area contributed by atoms with E-state index in [2.05, 4.69) is 30.1 Å². The van der Waals surface area contributed by atoms with Crippen molar-refractivity contribution in [1.82, 2.24) is 39.3 Å². The van der Waals surface area contributed by atoms with Crippen molar-refractivity contribution in [2.24, 2.45) is 7.05 Å². The second-order valence-corrected chi connectivity index (χ2v) is 7.71. The Hall–Kier alpha value is -4.34. The molecule has 0 N–H and O–H groups in total. The molecule has 5 rings (SSSR count). The van der Waals surface area contributed by atoms with Crippen LogP contribution < -0.4 is 0 Å². The van der Waals surface area contributed by atoms with Gasteiger partial charge in [-0.3, -0.25) is 14.5 Å². The second-order valence-electron chi connectivity index (χ2n) is 7.71. The van der Waals surface area contributed by atoms with Gasteiger partial charge in [-0.1, -0.05) is 0 Å². The van der Waals surface area contributed by atoms with Gasteiger partial charge in [0.1, 0.15) is 17.3 Å². The number of nitrogens with zero attached hydrogens (tertiary/aromatic N) is 8. The highest BCUT2D eigenvalue weighted by Crippen LogP contribution is 2.26. The molecule has 0 aliphatic rings. The third kappa shape index (κ3) is 3.75. The van der Waals surface area contributed by atoms with Crippen LogP contribution in [0, 0.1) is 19.7 Å². The van der Waals surface area contributed by atoms with Crippen LogP contribution in [0.4, 0.5) is 4.39 Å². The minimum Gasteiger partial charge on any atom is -0.292 e. The lowest BCUT2D eigenvalue weighted by Gasteiger charge is -2.09. The first-order valence-electron chi connectivity index (χ1n) is 10.2. The number of hydrogen-bond donors (Lipinski definition) is 0. The summed E-state index contributed by atoms with van der Waals surface area (Å²) in [4.78, 5) is 30.5. The Labute approximate surface area is 188 Å². The largest absolute Gasteiger partial charge is 0.292 e. The van der Waals surface area contributed by atoms with Crippen molar-refractivity contribution in [3.05, 3.63) is 77.6 Å². The van der Waals surface area contributed by atoms with Gasteiger partial charge < -0.3 is 0 Å². The summed E-state index contributed by atoms with van der Waals surface area (Å²) < 4.78 is 17.7. The van der Waals surface area contributed by atoms with Gasteiger partial charge in [0.15, 0.2) is 17.3 Å². The third-order valence-corrected chi connectivity index (χ3v) is 5.32. The summed E-state index contributed by atoms with van der Waals surface area (Å²) in [6.45, 7) is 3.65. The lowest BCUT2D eigenvalue weighted by Crippen LogP contribution is -2.13. The third-order valence-electron chi connectivity index (χ3n) is 5.32. The smallest absolute Gasteiger partial charge is 0.186 e. The molecule has 0 amide bonds. The van der Waals surface area contributed by atoms with Crippen molar-refractivity contribution in [3.63, 3.8) is 0 Å². The van der Waals surface area contributed by atoms with Gasteiger partial charge in [0.25, 0.3) is 0 Å². The van der Waals surface area contributed by atoms with Gasteiger partial charge >= 0.3 is 0 Å². The predicted molar refractivity (Wildman–Crippen MR) is 118 cm³/mol. The van der Waals surface area contributed by atoms with E-state index in [0.29, 0.717) is 39.8 Å². The molecular formula is C23H19FN8O. The van der Waals surface area contributed by atoms with Crippen molar-refractivity contribution < 1.29 is 9.18 Å². The molecule has 33 heavy (non-hydrogen) atoms. The Morgan fingerprint density at radius 2 is 2.00 bits per heavy atom. The molecular weight excluding hydrogens is 423 g/mol. The van der Waals surface area contributed by atoms with E-state index in [-0.39, 0.29) is 17.8 Å². The topological polar surface area (TPSA) is 104 Å². The number of Topliss-reactive ketones (excluding diaryl/α,β-unsaturated/α-hetero) is 1. The summed E-state index contributed by atoms with van der Waals surface area (Å²) in [5.74, 6) is 0.187. The Balaban J connectivity index is 1.51. The van der Waals surface area contributed by atoms with Crippen molar-refractivity contribution in [1.29, 1.82) is 0 Å². The van der Waals surface area contributed by atoms with E-state index >= 15 is 0 Å². The van der Waals surface area contributed by atoms with E-state index < -0.39 is 5.82 Å². The van der Waals surface area contributed by atoms with Crippen LogP contribution in [0.15, 0.2) is 49.2 Å². The van der Waals surface area contributed by atoms with Crippen LogP contribution in [0.25, 0.3) is 28.3 Å². The number of aromatic nitrogens is 8. The van der Waals surface area contributed by atoms with Crippen LogP contribution in [-0.4, -0.2) is 45.1 Å². The molecule has 10 heteroatoms. The first kappa shape index (κ1) is 20.6. The van der Waals surface area contributed by atoms with Crippen LogP contribution in [0.5, 0.6) is 0 Å². The number of fused-ring (bicyclic) bond motifs is 1. The standard InChI is InChI=1S/C23H19FN8O/c1-13-9-26-14(2)28-21(13)17-11-27-31(3)22(17)19(33)7-16-8-20-29-23(15-5-4-6-25-10-15)30-32(20)12-18(16)24/h4-6,8-12H,7H2,1-3H3. The fourth-order valence-corrected chi connectivity index (χ4v) is 3.70. The van der Waals surface area contributed by atoms with E-state index in [1.165, 1.54) is 21.5 Å². The normalized spacial score (nSPS) is 11.3. The van der Waals surface area contributed by atoms with E-state index in [1.54, 1.807) is 44.8 Å². The number of halogens is 1. The highest BCUT2D eigenvalue weighted by Gasteiger charge is 2.22. The van der Waals surface area contributed by atoms with Crippen molar-refractivity contribution in [3.8, 4) is 22.6 Å². The second kappa shape index (κ2) is 7.97. The molecule has 0 aliphatic heterocycles. The molecule has 164 valence electrons. The van der Waals surface area contributed by atoms with E-state index in [1.807, 2.05) is 13.0 Å². The van der Waals surface area contributed by atoms with Gasteiger partial charge in [0.05, 0.1) is 18.1 Å². The fraction of sp³-hybridized carbons (Fsp3) is 0.174. The highest BCUT2D eigenvalue weighted by atomic mass is 19.1. The van der Waals surface area contributed by atoms with Gasteiger partial charge in [-0.25, -0.2) is 23.9 Å². The lowest BCUT2D eigenvalue weighted by atomic mass is 10.0. The average molecular weight is 442 g/mol. The Kier molecular flexibility index (Phi) is 4.97. The molecule has 5 aromatic rings. The molecule has 5 aromatic heterocycles. The number of rotatable bonds is 5. The van der Waals surface area contributed by atoms with Crippen molar-refractivity contribution >= 4 is 11.4 Å². The Bertz CT molecular complexity index is 1510. The molecule has 0 fully saturated rings. The monoisotopic (exact) mass is 442 g/mol. The predicted octanol–water partition coefficient (Wildman–Crippen LogP) is 3.16. The number of pyridine rings is 2. The van der Waals surface area contributed by atoms with Gasteiger partial charge in [-0.05, 0) is 37.6 Å². The minimum atomic E-state index is -0.545. The fourth-order valence-electron chi connectivity index (χ4n) is 3.70. The SMILES string of the molecule is Cc1ncc(C)c(-c2cnn(C)c2C(=O)Cc2cc3nc(-c4cccnc4)nn3cc2F)n1. The van der Waals surface area contributed by atoms with E-state index in [4.69, 9.17) is 0 Å². The van der Waals surface area contributed by atoms with Crippen molar-refractivity contribution in [2.75, 3.05) is 0 Å². The molecule has 0 atom stereocenters. The molecule has 5 heterocycles. The molecule has 9 nitrogen and oxygen atoms in total. The molecule has 0 spiro atoms. The zero-order valence-corrected chi connectivity index (χ0v) is 18.2. The summed E-state index contributed by atoms with van der Waals surface area (Å²) in [6, 6.07) is 5.14. The number of hydrogen-bond acceptors (Lipinski definition) is 7. The average Bonchev–Trinajstić information content (AvgIpc) is 3.39. The number of carbonyl (C=O) groups is 1. The molecule has 0 saturated heterocycles. The van der Waals surface area contributed by atoms with Crippen molar-refractivity contribution in [2.45, 2.75) is 20.3 Å². The Morgan fingerprint density at radius 1 is 1.15 bits per heavy atom. The number of aryl methyl sites for hydroxylation is 3. The molecule has 0 bridgehead atoms. The van der Waals surface area contributed by atoms with E-state index in [9.17, 15) is 9.18 Å². The highest BCUT2D eigenvalue weighted by molar-refractivity contribution is 6.01. The van der Waals surface area contributed by atoms with Gasteiger partial charge in [-0.2, -0.15) is 5.10 Å². The van der Waals surface area contributed by atoms with Crippen LogP contribution in [0.2, 0.25) is 0 Å². The van der Waals surface area contributed by atoms with Crippen LogP contribution in [-0.2, 0) is 13.5 Å². The summed E-state index contributed by atoms with van der Waals surface area (Å²) in [5.41, 5.74) is 3.77. The maximum absolute atomic E-state index is 14.9. The molecule has 0 radical (unpaired) electrons. The molecule has 0 aliphatic carbocycles. The van der Waals surface area contributed by atoms with Gasteiger partial charge in [-0.15, -0.1) is 5.10 Å². The summed E-state index contributed by atoms with van der Waals surface area (Å²) in [6.07, 6.45) is 7.66. The minimum absolute atomic E-state index is 0.160. The quantitative estimate of drug-likeness (QED) is 0.385. The van der Waals surface area contributed by atoms with Gasteiger partial charge in [0.2, 0.25) is 0 Å². The first-order valence-corrected chi connectivity index (χ1v) is 10.2. The summed E-state index contributed by atoms with van der Waals surface area (Å²) in [5, 5.41) is 8.56. The Morgan fingerprint density at radius 3 is 2.79 bits per heavy atom. The molecule has 0 saturated carbocycles. The lowest BCUT2D eigenvalue weighted by molar-refractivity contribution is 0.0983. The van der Waals surface area contributed by atoms with E-state index in [0.717, 1.165) is 5.56 Å². The summed E-state index contributed by atoms with van der Waals surface area (Å²) >= 11 is 0. The zero-order chi connectivity index (χ0) is 23.1. The first-order chi connectivity index (χ1) is 15.9. The number of carbonyl (C=O) groups excluding carboxylic acids is 1. The summed E-state index contributed by atoms with van der Waals surface area (Å²) in [7, 11) is 1.68. The zero-order valence-electron chi connectivity index (χ0n) is 18.2. The maximum atomic E-state index is 14.9.